The maximum Gasteiger partial charge on any atom is 0.0590 e. The van der Waals surface area contributed by atoms with Gasteiger partial charge in [0.25, 0.3) is 0 Å². The van der Waals surface area contributed by atoms with Gasteiger partial charge in [-0.3, -0.25) is 0 Å². The fraction of sp³-hybridized carbons (Fsp3) is 1.00. The minimum Gasteiger partial charge on any atom is -0.385 e. The van der Waals surface area contributed by atoms with Crippen LogP contribution in [0.25, 0.3) is 0 Å². The predicted octanol–water partition coefficient (Wildman–Crippen LogP) is 0.649. The van der Waals surface area contributed by atoms with Gasteiger partial charge in [0.2, 0.25) is 0 Å². The Kier molecular flexibility index (Phi) is 9.77. The molecule has 0 unspecified atom stereocenters. The zero-order valence-electron chi connectivity index (χ0n) is 7.56. The van der Waals surface area contributed by atoms with Crippen molar-refractivity contribution in [2.24, 2.45) is 0 Å². The van der Waals surface area contributed by atoms with Gasteiger partial charge in [-0.25, -0.2) is 0 Å². The Morgan fingerprint density at radius 2 is 2.00 bits per heavy atom. The van der Waals surface area contributed by atoms with E-state index in [1.54, 1.807) is 7.11 Å². The number of rotatable bonds is 8. The predicted molar refractivity (Wildman–Crippen MR) is 45.9 cm³/mol. The standard InChI is InChI=1S/C8H19NO2/c1-3-11-8-6-9-5-4-7-10-2/h9H,3-8H2,1-2H3. The fourth-order valence-corrected chi connectivity index (χ4v) is 0.755. The topological polar surface area (TPSA) is 30.5 Å². The molecule has 0 saturated heterocycles. The summed E-state index contributed by atoms with van der Waals surface area (Å²) in [6, 6.07) is 0. The van der Waals surface area contributed by atoms with Gasteiger partial charge in [0.15, 0.2) is 0 Å². The Morgan fingerprint density at radius 3 is 2.64 bits per heavy atom. The van der Waals surface area contributed by atoms with E-state index in [-0.39, 0.29) is 0 Å². The van der Waals surface area contributed by atoms with E-state index in [1.165, 1.54) is 0 Å². The van der Waals surface area contributed by atoms with Gasteiger partial charge >= 0.3 is 0 Å². The Hall–Kier alpha value is -0.120. The van der Waals surface area contributed by atoms with Gasteiger partial charge in [-0.2, -0.15) is 0 Å². The molecule has 0 spiro atoms. The Bertz CT molecular complexity index is 61.1. The van der Waals surface area contributed by atoms with Crippen LogP contribution in [0.5, 0.6) is 0 Å². The summed E-state index contributed by atoms with van der Waals surface area (Å²) in [6.45, 7) is 6.41. The quantitative estimate of drug-likeness (QED) is 0.530. The molecule has 1 N–H and O–H groups in total. The van der Waals surface area contributed by atoms with E-state index in [0.29, 0.717) is 0 Å². The maximum absolute atomic E-state index is 5.15. The molecule has 0 saturated carbocycles. The SMILES string of the molecule is CCOCCNCCCOC. The second kappa shape index (κ2) is 9.88. The lowest BCUT2D eigenvalue weighted by atomic mass is 10.4. The van der Waals surface area contributed by atoms with Crippen LogP contribution in [0, 0.1) is 0 Å². The van der Waals surface area contributed by atoms with Crippen molar-refractivity contribution in [2.45, 2.75) is 13.3 Å². The first-order valence-electron chi connectivity index (χ1n) is 4.19. The minimum atomic E-state index is 0.805. The third-order valence-electron chi connectivity index (χ3n) is 1.33. The molecule has 0 fully saturated rings. The Balaban J connectivity index is 2.69. The van der Waals surface area contributed by atoms with Crippen molar-refractivity contribution in [1.29, 1.82) is 0 Å². The highest BCUT2D eigenvalue weighted by Crippen LogP contribution is 1.76. The van der Waals surface area contributed by atoms with Crippen molar-refractivity contribution in [2.75, 3.05) is 40.0 Å². The van der Waals surface area contributed by atoms with Crippen LogP contribution in [0.2, 0.25) is 0 Å². The molecular weight excluding hydrogens is 142 g/mol. The highest BCUT2D eigenvalue weighted by molar-refractivity contribution is 4.45. The van der Waals surface area contributed by atoms with E-state index in [0.717, 1.165) is 39.3 Å². The number of nitrogens with one attached hydrogen (secondary N) is 1. The number of hydrogen-bond acceptors (Lipinski definition) is 3. The average molecular weight is 161 g/mol. The monoisotopic (exact) mass is 161 g/mol. The molecule has 0 amide bonds. The lowest BCUT2D eigenvalue weighted by Gasteiger charge is -2.03. The van der Waals surface area contributed by atoms with E-state index in [2.05, 4.69) is 5.32 Å². The van der Waals surface area contributed by atoms with Crippen molar-refractivity contribution < 1.29 is 9.47 Å². The van der Waals surface area contributed by atoms with Crippen molar-refractivity contribution in [3.8, 4) is 0 Å². The van der Waals surface area contributed by atoms with Gasteiger partial charge in [-0.15, -0.1) is 0 Å². The van der Waals surface area contributed by atoms with Crippen molar-refractivity contribution >= 4 is 0 Å². The summed E-state index contributed by atoms with van der Waals surface area (Å²) in [4.78, 5) is 0. The van der Waals surface area contributed by atoms with Crippen LogP contribution in [-0.4, -0.2) is 40.0 Å². The summed E-state index contributed by atoms with van der Waals surface area (Å²) in [7, 11) is 1.72. The largest absolute Gasteiger partial charge is 0.385 e. The summed E-state index contributed by atoms with van der Waals surface area (Å²) in [6.07, 6.45) is 1.07. The molecule has 0 aliphatic carbocycles. The number of methoxy groups -OCH3 is 1. The van der Waals surface area contributed by atoms with E-state index < -0.39 is 0 Å². The first kappa shape index (κ1) is 10.9. The van der Waals surface area contributed by atoms with E-state index in [9.17, 15) is 0 Å². The highest BCUT2D eigenvalue weighted by Gasteiger charge is 1.86. The highest BCUT2D eigenvalue weighted by atomic mass is 16.5. The normalized spacial score (nSPS) is 10.4. The molecule has 0 heterocycles. The van der Waals surface area contributed by atoms with Gasteiger partial charge in [-0.1, -0.05) is 0 Å². The van der Waals surface area contributed by atoms with Crippen LogP contribution in [0.1, 0.15) is 13.3 Å². The summed E-state index contributed by atoms with van der Waals surface area (Å²) in [5.74, 6) is 0. The average Bonchev–Trinajstić information content (AvgIpc) is 2.03. The van der Waals surface area contributed by atoms with Crippen LogP contribution in [0.3, 0.4) is 0 Å². The van der Waals surface area contributed by atoms with Gasteiger partial charge in [0, 0.05) is 26.9 Å². The molecule has 3 heteroatoms. The zero-order chi connectivity index (χ0) is 8.36. The van der Waals surface area contributed by atoms with Gasteiger partial charge in [-0.05, 0) is 19.9 Å². The molecule has 0 aliphatic heterocycles. The summed E-state index contributed by atoms with van der Waals surface area (Å²) in [5.41, 5.74) is 0. The van der Waals surface area contributed by atoms with Crippen molar-refractivity contribution in [1.82, 2.24) is 5.32 Å². The molecule has 0 aromatic rings. The summed E-state index contributed by atoms with van der Waals surface area (Å²) < 4.78 is 10.0. The van der Waals surface area contributed by atoms with E-state index in [1.807, 2.05) is 6.92 Å². The van der Waals surface area contributed by atoms with Crippen LogP contribution in [0.4, 0.5) is 0 Å². The Labute approximate surface area is 69.1 Å². The zero-order valence-corrected chi connectivity index (χ0v) is 7.56. The van der Waals surface area contributed by atoms with E-state index in [4.69, 9.17) is 9.47 Å². The van der Waals surface area contributed by atoms with Gasteiger partial charge < -0.3 is 14.8 Å². The molecule has 0 rings (SSSR count). The first-order chi connectivity index (χ1) is 5.41. The van der Waals surface area contributed by atoms with Crippen LogP contribution >= 0.6 is 0 Å². The molecule has 68 valence electrons. The van der Waals surface area contributed by atoms with Crippen molar-refractivity contribution in [3.05, 3.63) is 0 Å². The van der Waals surface area contributed by atoms with Gasteiger partial charge in [0.1, 0.15) is 0 Å². The molecule has 11 heavy (non-hydrogen) atoms. The van der Waals surface area contributed by atoms with Crippen LogP contribution < -0.4 is 5.32 Å². The van der Waals surface area contributed by atoms with E-state index >= 15 is 0 Å². The van der Waals surface area contributed by atoms with Crippen LogP contribution in [-0.2, 0) is 9.47 Å². The molecule has 0 aromatic carbocycles. The second-order valence-electron chi connectivity index (χ2n) is 2.29. The third-order valence-corrected chi connectivity index (χ3v) is 1.33. The maximum atomic E-state index is 5.15. The number of ether oxygens (including phenoxy) is 2. The minimum absolute atomic E-state index is 0.805. The molecular formula is C8H19NO2. The molecule has 0 atom stereocenters. The van der Waals surface area contributed by atoms with Crippen molar-refractivity contribution in [3.63, 3.8) is 0 Å². The summed E-state index contributed by atoms with van der Waals surface area (Å²) in [5, 5.41) is 3.25. The molecule has 3 nitrogen and oxygen atoms in total. The van der Waals surface area contributed by atoms with Gasteiger partial charge in [0.05, 0.1) is 6.61 Å². The summed E-state index contributed by atoms with van der Waals surface area (Å²) >= 11 is 0. The lowest BCUT2D eigenvalue weighted by molar-refractivity contribution is 0.147. The lowest BCUT2D eigenvalue weighted by Crippen LogP contribution is -2.21. The molecule has 0 aromatic heterocycles. The molecule has 0 radical (unpaired) electrons. The van der Waals surface area contributed by atoms with Crippen LogP contribution in [0.15, 0.2) is 0 Å². The molecule has 0 aliphatic rings. The molecule has 0 bridgehead atoms. The third kappa shape index (κ3) is 9.88. The smallest absolute Gasteiger partial charge is 0.0590 e. The number of hydrogen-bond donors (Lipinski definition) is 1. The Morgan fingerprint density at radius 1 is 1.18 bits per heavy atom. The second-order valence-corrected chi connectivity index (χ2v) is 2.29. The fourth-order valence-electron chi connectivity index (χ4n) is 0.755. The first-order valence-corrected chi connectivity index (χ1v) is 4.19.